The molecule has 6 rings (SSSR count). The van der Waals surface area contributed by atoms with Crippen LogP contribution in [-0.2, 0) is 0 Å². The number of nitrogens with zero attached hydrogens (tertiary/aromatic N) is 1. The van der Waals surface area contributed by atoms with Crippen LogP contribution in [0.4, 0.5) is 11.4 Å². The maximum Gasteiger partial charge on any atom is 0.0606 e. The molecule has 4 aromatic carbocycles. The van der Waals surface area contributed by atoms with Gasteiger partial charge in [0.05, 0.1) is 16.9 Å². The third kappa shape index (κ3) is 2.82. The average Bonchev–Trinajstić information content (AvgIpc) is 3.16. The Morgan fingerprint density at radius 3 is 2.43 bits per heavy atom. The number of fused-ring (bicyclic) bond motifs is 3. The lowest BCUT2D eigenvalue weighted by atomic mass is 10.0. The minimum absolute atomic E-state index is 0.738. The predicted molar refractivity (Wildman–Crippen MR) is 128 cm³/mol. The van der Waals surface area contributed by atoms with Gasteiger partial charge in [-0.15, -0.1) is 0 Å². The van der Waals surface area contributed by atoms with E-state index >= 15 is 0 Å². The maximum atomic E-state index is 6.38. The van der Waals surface area contributed by atoms with E-state index in [1.807, 2.05) is 30.0 Å². The molecule has 0 fully saturated rings. The summed E-state index contributed by atoms with van der Waals surface area (Å²) in [6.45, 7) is 0. The third-order valence-electron chi connectivity index (χ3n) is 5.49. The largest absolute Gasteiger partial charge is 0.353 e. The van der Waals surface area contributed by atoms with Gasteiger partial charge < -0.3 is 9.88 Å². The average molecular weight is 425 g/mol. The zero-order chi connectivity index (χ0) is 20.1. The van der Waals surface area contributed by atoms with Crippen molar-refractivity contribution in [2.24, 2.45) is 0 Å². The van der Waals surface area contributed by atoms with Gasteiger partial charge in [0.2, 0.25) is 0 Å². The summed E-state index contributed by atoms with van der Waals surface area (Å²) in [7, 11) is 0. The number of hydrogen-bond donors (Lipinski definition) is 1. The molecule has 0 unspecified atom stereocenters. The van der Waals surface area contributed by atoms with Crippen molar-refractivity contribution >= 4 is 45.6 Å². The molecule has 1 aliphatic heterocycles. The van der Waals surface area contributed by atoms with Crippen LogP contribution in [0.15, 0.2) is 107 Å². The van der Waals surface area contributed by atoms with Crippen LogP contribution in [0.3, 0.4) is 0 Å². The molecule has 2 nitrogen and oxygen atoms in total. The van der Waals surface area contributed by atoms with Crippen LogP contribution in [0.1, 0.15) is 0 Å². The third-order valence-corrected chi connectivity index (χ3v) is 6.86. The standard InChI is InChI=1S/C26H17ClN2S/c27-17-13-14-19-21(16-29(23(19)15-17)18-7-2-1-3-8-18)20-9-6-12-25-26(20)28-22-10-4-5-11-24(22)30-25/h1-16,28H. The summed E-state index contributed by atoms with van der Waals surface area (Å²) in [4.78, 5) is 2.49. The van der Waals surface area contributed by atoms with E-state index in [1.165, 1.54) is 26.3 Å². The van der Waals surface area contributed by atoms with Crippen molar-refractivity contribution in [2.45, 2.75) is 9.79 Å². The Bertz CT molecular complexity index is 1410. The van der Waals surface area contributed by atoms with E-state index in [2.05, 4.69) is 88.9 Å². The van der Waals surface area contributed by atoms with E-state index in [9.17, 15) is 0 Å². The lowest BCUT2D eigenvalue weighted by Crippen LogP contribution is -2.01. The Kier molecular flexibility index (Phi) is 4.12. The Morgan fingerprint density at radius 2 is 1.53 bits per heavy atom. The summed E-state index contributed by atoms with van der Waals surface area (Å²) in [5.41, 5.74) is 6.91. The quantitative estimate of drug-likeness (QED) is 0.302. The second-order valence-corrected chi connectivity index (χ2v) is 8.83. The Balaban J connectivity index is 1.59. The normalized spacial score (nSPS) is 12.3. The second-order valence-electron chi connectivity index (χ2n) is 7.31. The van der Waals surface area contributed by atoms with Crippen LogP contribution in [0.25, 0.3) is 27.7 Å². The number of aromatic nitrogens is 1. The first-order chi connectivity index (χ1) is 14.8. The zero-order valence-corrected chi connectivity index (χ0v) is 17.5. The first-order valence-electron chi connectivity index (χ1n) is 9.81. The highest BCUT2D eigenvalue weighted by Gasteiger charge is 2.21. The molecule has 144 valence electrons. The van der Waals surface area contributed by atoms with Gasteiger partial charge in [0.15, 0.2) is 0 Å². The van der Waals surface area contributed by atoms with Crippen LogP contribution < -0.4 is 5.32 Å². The van der Waals surface area contributed by atoms with Crippen molar-refractivity contribution < 1.29 is 0 Å². The zero-order valence-electron chi connectivity index (χ0n) is 16.0. The Labute approximate surface area is 184 Å². The monoisotopic (exact) mass is 424 g/mol. The number of rotatable bonds is 2. The van der Waals surface area contributed by atoms with Gasteiger partial charge in [0.25, 0.3) is 0 Å². The topological polar surface area (TPSA) is 17.0 Å². The van der Waals surface area contributed by atoms with E-state index in [-0.39, 0.29) is 0 Å². The molecular weight excluding hydrogens is 408 g/mol. The smallest absolute Gasteiger partial charge is 0.0606 e. The van der Waals surface area contributed by atoms with E-state index in [4.69, 9.17) is 11.6 Å². The SMILES string of the molecule is Clc1ccc2c(-c3cccc4c3Nc3ccccc3S4)cn(-c3ccccc3)c2c1. The molecule has 0 atom stereocenters. The summed E-state index contributed by atoms with van der Waals surface area (Å²) in [5, 5.41) is 5.60. The highest BCUT2D eigenvalue weighted by molar-refractivity contribution is 7.99. The van der Waals surface area contributed by atoms with Gasteiger partial charge in [-0.1, -0.05) is 71.9 Å². The van der Waals surface area contributed by atoms with Gasteiger partial charge in [-0.2, -0.15) is 0 Å². The first kappa shape index (κ1) is 17.7. The fourth-order valence-electron chi connectivity index (χ4n) is 4.10. The maximum absolute atomic E-state index is 6.38. The molecule has 2 heterocycles. The van der Waals surface area contributed by atoms with E-state index in [0.717, 1.165) is 27.6 Å². The molecule has 30 heavy (non-hydrogen) atoms. The molecule has 1 aromatic heterocycles. The minimum Gasteiger partial charge on any atom is -0.353 e. The number of anilines is 2. The minimum atomic E-state index is 0.738. The molecule has 0 bridgehead atoms. The summed E-state index contributed by atoms with van der Waals surface area (Å²) in [6.07, 6.45) is 2.22. The summed E-state index contributed by atoms with van der Waals surface area (Å²) in [5.74, 6) is 0. The molecule has 1 N–H and O–H groups in total. The van der Waals surface area contributed by atoms with Gasteiger partial charge in [-0.05, 0) is 42.5 Å². The fraction of sp³-hybridized carbons (Fsp3) is 0. The van der Waals surface area contributed by atoms with E-state index in [1.54, 1.807) is 0 Å². The van der Waals surface area contributed by atoms with Crippen molar-refractivity contribution in [1.82, 2.24) is 4.57 Å². The molecule has 0 radical (unpaired) electrons. The lowest BCUT2D eigenvalue weighted by Gasteiger charge is -2.23. The molecule has 5 aromatic rings. The summed E-state index contributed by atoms with van der Waals surface area (Å²) in [6, 6.07) is 31.5. The van der Waals surface area contributed by atoms with E-state index in [0.29, 0.717) is 0 Å². The van der Waals surface area contributed by atoms with E-state index < -0.39 is 0 Å². The number of benzene rings is 4. The fourth-order valence-corrected chi connectivity index (χ4v) is 5.29. The number of para-hydroxylation sites is 3. The predicted octanol–water partition coefficient (Wildman–Crippen LogP) is 8.16. The van der Waals surface area contributed by atoms with Gasteiger partial charge in [0.1, 0.15) is 0 Å². The first-order valence-corrected chi connectivity index (χ1v) is 11.0. The highest BCUT2D eigenvalue weighted by atomic mass is 35.5. The van der Waals surface area contributed by atoms with Crippen LogP contribution in [0.5, 0.6) is 0 Å². The Morgan fingerprint density at radius 1 is 0.733 bits per heavy atom. The van der Waals surface area contributed by atoms with Gasteiger partial charge in [-0.3, -0.25) is 0 Å². The van der Waals surface area contributed by atoms with Crippen molar-refractivity contribution in [3.63, 3.8) is 0 Å². The summed E-state index contributed by atoms with van der Waals surface area (Å²) < 4.78 is 2.22. The van der Waals surface area contributed by atoms with Crippen molar-refractivity contribution in [3.8, 4) is 16.8 Å². The molecule has 0 aliphatic carbocycles. The summed E-state index contributed by atoms with van der Waals surface area (Å²) >= 11 is 8.19. The lowest BCUT2D eigenvalue weighted by molar-refractivity contribution is 1.13. The molecule has 0 saturated carbocycles. The van der Waals surface area contributed by atoms with Crippen molar-refractivity contribution in [3.05, 3.63) is 102 Å². The number of hydrogen-bond acceptors (Lipinski definition) is 2. The van der Waals surface area contributed by atoms with Crippen molar-refractivity contribution in [2.75, 3.05) is 5.32 Å². The number of nitrogens with one attached hydrogen (secondary N) is 1. The van der Waals surface area contributed by atoms with Crippen LogP contribution in [0, 0.1) is 0 Å². The van der Waals surface area contributed by atoms with Crippen LogP contribution in [-0.4, -0.2) is 4.57 Å². The molecule has 0 amide bonds. The van der Waals surface area contributed by atoms with Gasteiger partial charge >= 0.3 is 0 Å². The molecule has 0 spiro atoms. The van der Waals surface area contributed by atoms with Crippen LogP contribution >= 0.6 is 23.4 Å². The van der Waals surface area contributed by atoms with Gasteiger partial charge in [-0.25, -0.2) is 0 Å². The second kappa shape index (κ2) is 6.98. The van der Waals surface area contributed by atoms with Crippen LogP contribution in [0.2, 0.25) is 5.02 Å². The molecular formula is C26H17ClN2S. The van der Waals surface area contributed by atoms with Gasteiger partial charge in [0, 0.05) is 43.2 Å². The van der Waals surface area contributed by atoms with Crippen molar-refractivity contribution in [1.29, 1.82) is 0 Å². The molecule has 1 aliphatic rings. The number of halogens is 1. The highest BCUT2D eigenvalue weighted by Crippen LogP contribution is 2.49. The molecule has 0 saturated heterocycles. The Hall–Kier alpha value is -3.14. The molecule has 4 heteroatoms.